The molecule has 2 amide bonds. The van der Waals surface area contributed by atoms with Crippen LogP contribution in [0.15, 0.2) is 71.6 Å². The summed E-state index contributed by atoms with van der Waals surface area (Å²) in [6.45, 7) is 3.90. The summed E-state index contributed by atoms with van der Waals surface area (Å²) in [5.74, 6) is -0.651. The van der Waals surface area contributed by atoms with E-state index in [0.29, 0.717) is 33.6 Å². The summed E-state index contributed by atoms with van der Waals surface area (Å²) in [4.78, 5) is 26.0. The number of nitrogens with one attached hydrogen (secondary N) is 2. The molecule has 4 rings (SSSR count). The molecule has 7 nitrogen and oxygen atoms in total. The van der Waals surface area contributed by atoms with Gasteiger partial charge < -0.3 is 10.6 Å². The summed E-state index contributed by atoms with van der Waals surface area (Å²) < 4.78 is 26.9. The van der Waals surface area contributed by atoms with Gasteiger partial charge in [-0.05, 0) is 49.7 Å². The van der Waals surface area contributed by atoms with Crippen molar-refractivity contribution in [1.29, 1.82) is 0 Å². The predicted octanol–water partition coefficient (Wildman–Crippen LogP) is 4.27. The fourth-order valence-electron chi connectivity index (χ4n) is 3.75. The molecule has 2 N–H and O–H groups in total. The number of carbonyl (C=O) groups is 2. The number of para-hydroxylation sites is 1. The molecule has 1 aliphatic heterocycles. The first-order valence-electron chi connectivity index (χ1n) is 10.7. The largest absolute Gasteiger partial charge is 0.350 e. The Kier molecular flexibility index (Phi) is 5.95. The van der Waals surface area contributed by atoms with Crippen LogP contribution in [-0.2, 0) is 10.0 Å². The molecule has 0 aliphatic carbocycles. The highest BCUT2D eigenvalue weighted by Crippen LogP contribution is 2.42. The summed E-state index contributed by atoms with van der Waals surface area (Å²) in [5, 5.41) is 5.74. The zero-order valence-electron chi connectivity index (χ0n) is 18.6. The van der Waals surface area contributed by atoms with Gasteiger partial charge in [0.15, 0.2) is 0 Å². The van der Waals surface area contributed by atoms with Crippen LogP contribution in [0.5, 0.6) is 0 Å². The molecule has 1 heterocycles. The van der Waals surface area contributed by atoms with Gasteiger partial charge in [0.25, 0.3) is 21.8 Å². The Bertz CT molecular complexity index is 1350. The van der Waals surface area contributed by atoms with E-state index >= 15 is 0 Å². The van der Waals surface area contributed by atoms with Crippen LogP contribution in [0.4, 0.5) is 11.4 Å². The Hall–Kier alpha value is -3.65. The van der Waals surface area contributed by atoms with Crippen molar-refractivity contribution in [2.24, 2.45) is 0 Å². The van der Waals surface area contributed by atoms with Crippen molar-refractivity contribution in [2.45, 2.75) is 31.2 Å². The van der Waals surface area contributed by atoms with Crippen molar-refractivity contribution >= 4 is 33.2 Å². The van der Waals surface area contributed by atoms with E-state index in [4.69, 9.17) is 0 Å². The first-order valence-corrected chi connectivity index (χ1v) is 12.1. The zero-order valence-corrected chi connectivity index (χ0v) is 19.4. The Morgan fingerprint density at radius 3 is 2.39 bits per heavy atom. The van der Waals surface area contributed by atoms with Gasteiger partial charge in [0.1, 0.15) is 0 Å². The van der Waals surface area contributed by atoms with Crippen LogP contribution < -0.4 is 14.9 Å². The number of rotatable bonds is 5. The SMILES string of the molecule is CC[C@@H](C)NC(=O)c1ccccc1NC(=O)c1ccc2c(c1)-c1ccccc1S(=O)(=O)N2C. The van der Waals surface area contributed by atoms with Gasteiger partial charge in [0.2, 0.25) is 0 Å². The molecule has 0 saturated carbocycles. The van der Waals surface area contributed by atoms with Gasteiger partial charge in [-0.3, -0.25) is 13.9 Å². The van der Waals surface area contributed by atoms with Crippen molar-refractivity contribution in [2.75, 3.05) is 16.7 Å². The van der Waals surface area contributed by atoms with E-state index in [9.17, 15) is 18.0 Å². The quantitative estimate of drug-likeness (QED) is 0.591. The van der Waals surface area contributed by atoms with E-state index in [-0.39, 0.29) is 16.8 Å². The Morgan fingerprint density at radius 1 is 0.939 bits per heavy atom. The molecule has 0 saturated heterocycles. The molecular weight excluding hydrogens is 438 g/mol. The van der Waals surface area contributed by atoms with Crippen LogP contribution in [0.2, 0.25) is 0 Å². The molecule has 0 aromatic heterocycles. The smallest absolute Gasteiger partial charge is 0.264 e. The number of carbonyl (C=O) groups excluding carboxylic acids is 2. The van der Waals surface area contributed by atoms with Crippen LogP contribution in [0.1, 0.15) is 41.0 Å². The predicted molar refractivity (Wildman–Crippen MR) is 129 cm³/mol. The molecule has 3 aromatic carbocycles. The average molecular weight is 464 g/mol. The first-order chi connectivity index (χ1) is 15.7. The second-order valence-electron chi connectivity index (χ2n) is 7.98. The second kappa shape index (κ2) is 8.71. The number of benzene rings is 3. The lowest BCUT2D eigenvalue weighted by atomic mass is 10.00. The molecule has 170 valence electrons. The highest BCUT2D eigenvalue weighted by atomic mass is 32.2. The van der Waals surface area contributed by atoms with E-state index in [1.807, 2.05) is 13.8 Å². The molecule has 0 fully saturated rings. The Labute approximate surface area is 193 Å². The van der Waals surface area contributed by atoms with E-state index in [0.717, 1.165) is 6.42 Å². The summed E-state index contributed by atoms with van der Waals surface area (Å²) in [7, 11) is -2.16. The zero-order chi connectivity index (χ0) is 23.8. The third-order valence-electron chi connectivity index (χ3n) is 5.82. The minimum Gasteiger partial charge on any atom is -0.350 e. The molecule has 0 spiro atoms. The first kappa shape index (κ1) is 22.5. The fraction of sp³-hybridized carbons (Fsp3) is 0.200. The van der Waals surface area contributed by atoms with Crippen molar-refractivity contribution in [3.05, 3.63) is 77.9 Å². The topological polar surface area (TPSA) is 95.6 Å². The molecule has 0 radical (unpaired) electrons. The highest BCUT2D eigenvalue weighted by molar-refractivity contribution is 7.93. The minimum atomic E-state index is -3.65. The standard InChI is InChI=1S/C25H25N3O4S/c1-4-16(2)26-25(30)19-10-5-7-11-21(19)27-24(29)17-13-14-22-20(15-17)18-9-6-8-12-23(18)33(31,32)28(22)3/h5-16H,4H2,1-3H3,(H,26,30)(H,27,29)/t16-/m1/s1. The lowest BCUT2D eigenvalue weighted by Crippen LogP contribution is -2.32. The molecule has 1 aliphatic rings. The number of fused-ring (bicyclic) bond motifs is 3. The van der Waals surface area contributed by atoms with Gasteiger partial charge in [0, 0.05) is 29.8 Å². The maximum absolute atomic E-state index is 13.1. The van der Waals surface area contributed by atoms with Crippen LogP contribution >= 0.6 is 0 Å². The summed E-state index contributed by atoms with van der Waals surface area (Å²) in [6, 6.07) is 18.5. The molecular formula is C25H25N3O4S. The van der Waals surface area contributed by atoms with Crippen molar-refractivity contribution in [3.8, 4) is 11.1 Å². The maximum atomic E-state index is 13.1. The van der Waals surface area contributed by atoms with Crippen molar-refractivity contribution in [3.63, 3.8) is 0 Å². The number of sulfonamides is 1. The highest BCUT2D eigenvalue weighted by Gasteiger charge is 2.32. The molecule has 0 unspecified atom stereocenters. The van der Waals surface area contributed by atoms with Gasteiger partial charge in [0.05, 0.1) is 21.8 Å². The maximum Gasteiger partial charge on any atom is 0.264 e. The number of nitrogens with zero attached hydrogens (tertiary/aromatic N) is 1. The number of hydrogen-bond donors (Lipinski definition) is 2. The van der Waals surface area contributed by atoms with Crippen LogP contribution in [0, 0.1) is 0 Å². The van der Waals surface area contributed by atoms with Gasteiger partial charge in [-0.25, -0.2) is 8.42 Å². The van der Waals surface area contributed by atoms with Crippen LogP contribution in [0.3, 0.4) is 0 Å². The molecule has 33 heavy (non-hydrogen) atoms. The molecule has 1 atom stereocenters. The molecule has 0 bridgehead atoms. The van der Waals surface area contributed by atoms with Crippen molar-refractivity contribution < 1.29 is 18.0 Å². The third kappa shape index (κ3) is 4.09. The number of amides is 2. The summed E-state index contributed by atoms with van der Waals surface area (Å²) >= 11 is 0. The van der Waals surface area contributed by atoms with E-state index in [2.05, 4.69) is 10.6 Å². The fourth-order valence-corrected chi connectivity index (χ4v) is 5.17. The lowest BCUT2D eigenvalue weighted by molar-refractivity contribution is 0.0940. The van der Waals surface area contributed by atoms with Crippen LogP contribution in [0.25, 0.3) is 11.1 Å². The van der Waals surface area contributed by atoms with Gasteiger partial charge in [-0.1, -0.05) is 37.3 Å². The summed E-state index contributed by atoms with van der Waals surface area (Å²) in [5.41, 5.74) is 2.83. The Morgan fingerprint density at radius 2 is 1.64 bits per heavy atom. The van der Waals surface area contributed by atoms with Crippen LogP contribution in [-0.4, -0.2) is 33.3 Å². The minimum absolute atomic E-state index is 0.00948. The normalized spacial score (nSPS) is 14.6. The van der Waals surface area contributed by atoms with Gasteiger partial charge in [-0.2, -0.15) is 0 Å². The van der Waals surface area contributed by atoms with Gasteiger partial charge in [-0.15, -0.1) is 0 Å². The molecule has 8 heteroatoms. The number of anilines is 2. The molecule has 3 aromatic rings. The Balaban J connectivity index is 1.68. The third-order valence-corrected chi connectivity index (χ3v) is 7.65. The lowest BCUT2D eigenvalue weighted by Gasteiger charge is -2.29. The van der Waals surface area contributed by atoms with Crippen molar-refractivity contribution in [1.82, 2.24) is 5.32 Å². The van der Waals surface area contributed by atoms with Gasteiger partial charge >= 0.3 is 0 Å². The average Bonchev–Trinajstić information content (AvgIpc) is 2.82. The van der Waals surface area contributed by atoms with E-state index < -0.39 is 15.9 Å². The number of hydrogen-bond acceptors (Lipinski definition) is 4. The second-order valence-corrected chi connectivity index (χ2v) is 9.92. The monoisotopic (exact) mass is 463 g/mol. The van der Waals surface area contributed by atoms with E-state index in [1.54, 1.807) is 66.7 Å². The summed E-state index contributed by atoms with van der Waals surface area (Å²) in [6.07, 6.45) is 0.793. The van der Waals surface area contributed by atoms with E-state index in [1.165, 1.54) is 11.4 Å².